The van der Waals surface area contributed by atoms with Crippen LogP contribution in [0.3, 0.4) is 0 Å². The number of carbonyl (C=O) groups excluding carboxylic acids is 1. The summed E-state index contributed by atoms with van der Waals surface area (Å²) in [6.45, 7) is 3.99. The monoisotopic (exact) mass is 396 g/mol. The van der Waals surface area contributed by atoms with Gasteiger partial charge in [0.05, 0.1) is 12.8 Å². The summed E-state index contributed by atoms with van der Waals surface area (Å²) in [6, 6.07) is 15.2. The van der Waals surface area contributed by atoms with Crippen molar-refractivity contribution in [1.29, 1.82) is 0 Å². The third-order valence-corrected chi connectivity index (χ3v) is 4.09. The van der Waals surface area contributed by atoms with Gasteiger partial charge in [-0.1, -0.05) is 29.8 Å². The van der Waals surface area contributed by atoms with Gasteiger partial charge in [0.2, 0.25) is 4.77 Å². The number of esters is 1. The third-order valence-electron chi connectivity index (χ3n) is 3.82. The summed E-state index contributed by atoms with van der Waals surface area (Å²) in [5.41, 5.74) is 2.93. The van der Waals surface area contributed by atoms with Crippen molar-refractivity contribution < 1.29 is 14.3 Å². The maximum absolute atomic E-state index is 11.3. The van der Waals surface area contributed by atoms with Crippen LogP contribution < -0.4 is 4.74 Å². The number of hydrogen-bond acceptors (Lipinski definition) is 6. The maximum atomic E-state index is 11.3. The van der Waals surface area contributed by atoms with Gasteiger partial charge in [0.15, 0.2) is 12.4 Å². The van der Waals surface area contributed by atoms with Gasteiger partial charge in [0, 0.05) is 5.56 Å². The second kappa shape index (κ2) is 9.09. The van der Waals surface area contributed by atoms with Gasteiger partial charge in [-0.3, -0.25) is 0 Å². The molecule has 0 aliphatic rings. The van der Waals surface area contributed by atoms with Crippen molar-refractivity contribution >= 4 is 24.4 Å². The third kappa shape index (κ3) is 4.92. The Hall–Kier alpha value is -3.26. The maximum Gasteiger partial charge on any atom is 0.344 e. The molecule has 8 heteroatoms. The summed E-state index contributed by atoms with van der Waals surface area (Å²) < 4.78 is 12.2. The van der Waals surface area contributed by atoms with Crippen LogP contribution in [0, 0.1) is 11.7 Å². The molecule has 0 bridgehead atoms. The van der Waals surface area contributed by atoms with E-state index in [9.17, 15) is 4.79 Å². The van der Waals surface area contributed by atoms with Gasteiger partial charge in [0.1, 0.15) is 5.75 Å². The van der Waals surface area contributed by atoms with E-state index in [0.717, 1.165) is 16.7 Å². The Bertz CT molecular complexity index is 1020. The molecule has 28 heavy (non-hydrogen) atoms. The highest BCUT2D eigenvalue weighted by Gasteiger charge is 2.08. The van der Waals surface area contributed by atoms with E-state index in [1.165, 1.54) is 0 Å². The van der Waals surface area contributed by atoms with Crippen molar-refractivity contribution in [1.82, 2.24) is 14.9 Å². The van der Waals surface area contributed by atoms with E-state index in [1.54, 1.807) is 29.9 Å². The number of ether oxygens (including phenoxy) is 2. The highest BCUT2D eigenvalue weighted by Crippen LogP contribution is 2.18. The summed E-state index contributed by atoms with van der Waals surface area (Å²) in [6.07, 6.45) is 1.68. The lowest BCUT2D eigenvalue weighted by molar-refractivity contribution is -0.145. The van der Waals surface area contributed by atoms with Gasteiger partial charge in [-0.2, -0.15) is 14.9 Å². The summed E-state index contributed by atoms with van der Waals surface area (Å²) in [7, 11) is 0. The number of nitrogens with zero attached hydrogens (tertiary/aromatic N) is 3. The predicted octanol–water partition coefficient (Wildman–Crippen LogP) is 3.74. The number of aromatic amines is 1. The van der Waals surface area contributed by atoms with Crippen molar-refractivity contribution in [2.45, 2.75) is 13.8 Å². The first kappa shape index (κ1) is 19.5. The van der Waals surface area contributed by atoms with Crippen LogP contribution in [0.1, 0.15) is 18.1 Å². The molecule has 2 aromatic carbocycles. The zero-order chi connectivity index (χ0) is 19.9. The van der Waals surface area contributed by atoms with E-state index in [1.807, 2.05) is 43.3 Å². The number of hydrogen-bond donors (Lipinski definition) is 1. The summed E-state index contributed by atoms with van der Waals surface area (Å²) >= 11 is 5.28. The molecule has 3 aromatic rings. The molecule has 1 aromatic heterocycles. The molecular weight excluding hydrogens is 376 g/mol. The molecule has 0 radical (unpaired) electrons. The highest BCUT2D eigenvalue weighted by molar-refractivity contribution is 7.71. The van der Waals surface area contributed by atoms with Crippen LogP contribution in [0.5, 0.6) is 5.75 Å². The Morgan fingerprint density at radius 2 is 1.93 bits per heavy atom. The number of aryl methyl sites for hydroxylation is 1. The van der Waals surface area contributed by atoms with Crippen LogP contribution in [0.2, 0.25) is 0 Å². The molecule has 0 fully saturated rings. The van der Waals surface area contributed by atoms with Gasteiger partial charge in [-0.15, -0.1) is 0 Å². The average Bonchev–Trinajstić information content (AvgIpc) is 3.07. The smallest absolute Gasteiger partial charge is 0.344 e. The molecule has 7 nitrogen and oxygen atoms in total. The molecule has 0 saturated carbocycles. The van der Waals surface area contributed by atoms with Crippen LogP contribution in [0.25, 0.3) is 11.4 Å². The van der Waals surface area contributed by atoms with Crippen molar-refractivity contribution in [3.05, 3.63) is 64.4 Å². The van der Waals surface area contributed by atoms with Crippen LogP contribution in [-0.2, 0) is 9.53 Å². The van der Waals surface area contributed by atoms with Gasteiger partial charge in [0.25, 0.3) is 0 Å². The zero-order valence-electron chi connectivity index (χ0n) is 15.6. The number of carbonyl (C=O) groups is 1. The van der Waals surface area contributed by atoms with Crippen molar-refractivity contribution in [2.24, 2.45) is 5.10 Å². The second-order valence-electron chi connectivity index (χ2n) is 5.94. The fourth-order valence-electron chi connectivity index (χ4n) is 2.41. The van der Waals surface area contributed by atoms with Crippen molar-refractivity contribution in [3.63, 3.8) is 0 Å². The first-order valence-electron chi connectivity index (χ1n) is 8.74. The molecular formula is C20H20N4O3S. The van der Waals surface area contributed by atoms with E-state index in [0.29, 0.717) is 23.0 Å². The standard InChI is InChI=1S/C20H20N4O3S/c1-3-26-18(25)13-27-17-10-6-15(7-11-17)12-21-24-19(22-23-20(24)28)16-8-4-14(2)5-9-16/h4-12H,3,13H2,1-2H3,(H,23,28)/b21-12+. The molecule has 3 rings (SSSR count). The van der Waals surface area contributed by atoms with E-state index in [4.69, 9.17) is 21.7 Å². The number of rotatable bonds is 7. The molecule has 0 atom stereocenters. The number of benzene rings is 2. The first-order valence-corrected chi connectivity index (χ1v) is 9.15. The zero-order valence-corrected chi connectivity index (χ0v) is 16.4. The van der Waals surface area contributed by atoms with Gasteiger partial charge in [-0.25, -0.2) is 9.89 Å². The minimum Gasteiger partial charge on any atom is -0.482 e. The Labute approximate surface area is 167 Å². The molecule has 0 aliphatic heterocycles. The number of nitrogens with one attached hydrogen (secondary N) is 1. The largest absolute Gasteiger partial charge is 0.482 e. The van der Waals surface area contributed by atoms with Crippen molar-refractivity contribution in [3.8, 4) is 17.1 Å². The Kier molecular flexibility index (Phi) is 6.33. The lowest BCUT2D eigenvalue weighted by atomic mass is 10.1. The fraction of sp³-hybridized carbons (Fsp3) is 0.200. The highest BCUT2D eigenvalue weighted by atomic mass is 32.1. The second-order valence-corrected chi connectivity index (χ2v) is 6.32. The predicted molar refractivity (Wildman–Crippen MR) is 109 cm³/mol. The lowest BCUT2D eigenvalue weighted by Gasteiger charge is -2.05. The quantitative estimate of drug-likeness (QED) is 0.374. The Morgan fingerprint density at radius 3 is 2.61 bits per heavy atom. The van der Waals surface area contributed by atoms with Crippen LogP contribution in [0.4, 0.5) is 0 Å². The number of aromatic nitrogens is 3. The molecule has 0 amide bonds. The van der Waals surface area contributed by atoms with E-state index < -0.39 is 5.97 Å². The summed E-state index contributed by atoms with van der Waals surface area (Å²) in [5, 5.41) is 11.5. The molecule has 144 valence electrons. The number of H-pyrrole nitrogens is 1. The van der Waals surface area contributed by atoms with Crippen LogP contribution in [0.15, 0.2) is 53.6 Å². The van der Waals surface area contributed by atoms with Gasteiger partial charge >= 0.3 is 5.97 Å². The van der Waals surface area contributed by atoms with E-state index in [-0.39, 0.29) is 6.61 Å². The van der Waals surface area contributed by atoms with Gasteiger partial charge < -0.3 is 9.47 Å². The molecule has 1 heterocycles. The topological polar surface area (TPSA) is 81.5 Å². The first-order chi connectivity index (χ1) is 13.6. The van der Waals surface area contributed by atoms with E-state index in [2.05, 4.69) is 15.3 Å². The molecule has 0 unspecified atom stereocenters. The molecule has 0 spiro atoms. The van der Waals surface area contributed by atoms with Gasteiger partial charge in [-0.05, 0) is 55.9 Å². The Balaban J connectivity index is 1.72. The minimum atomic E-state index is -0.397. The normalized spacial score (nSPS) is 10.9. The average molecular weight is 396 g/mol. The molecule has 0 saturated heterocycles. The van der Waals surface area contributed by atoms with Crippen molar-refractivity contribution in [2.75, 3.05) is 13.2 Å². The summed E-state index contributed by atoms with van der Waals surface area (Å²) in [5.74, 6) is 0.812. The van der Waals surface area contributed by atoms with Crippen LogP contribution >= 0.6 is 12.2 Å². The molecule has 0 aliphatic carbocycles. The van der Waals surface area contributed by atoms with Crippen LogP contribution in [-0.4, -0.2) is 40.3 Å². The summed E-state index contributed by atoms with van der Waals surface area (Å²) in [4.78, 5) is 11.3. The lowest BCUT2D eigenvalue weighted by Crippen LogP contribution is -2.14. The Morgan fingerprint density at radius 1 is 1.21 bits per heavy atom. The minimum absolute atomic E-state index is 0.120. The SMILES string of the molecule is CCOC(=O)COc1ccc(/C=N/n2c(-c3ccc(C)cc3)n[nH]c2=S)cc1. The molecule has 1 N–H and O–H groups in total. The fourth-order valence-corrected chi connectivity index (χ4v) is 2.59. The van der Waals surface area contributed by atoms with E-state index >= 15 is 0 Å².